The Labute approximate surface area is 125 Å². The molecule has 3 rings (SSSR count). The molecule has 0 aliphatic carbocycles. The molecule has 112 valence electrons. The lowest BCUT2D eigenvalue weighted by atomic mass is 9.78. The first kappa shape index (κ1) is 14.4. The van der Waals surface area contributed by atoms with Crippen molar-refractivity contribution >= 4 is 23.5 Å². The van der Waals surface area contributed by atoms with Crippen LogP contribution in [0.2, 0.25) is 0 Å². The third-order valence-corrected chi connectivity index (χ3v) is 4.46. The molecule has 21 heavy (non-hydrogen) atoms. The molecule has 1 aliphatic heterocycles. The molecule has 0 amide bonds. The minimum absolute atomic E-state index is 0.352. The fourth-order valence-corrected chi connectivity index (χ4v) is 2.52. The van der Waals surface area contributed by atoms with Crippen molar-refractivity contribution < 1.29 is 14.0 Å². The lowest BCUT2D eigenvalue weighted by molar-refractivity contribution is 0.00578. The Balaban J connectivity index is 2.06. The average molecular weight is 288 g/mol. The second kappa shape index (κ2) is 4.48. The molecular formula is C15H21BN2O3. The summed E-state index contributed by atoms with van der Waals surface area (Å²) in [5, 5.41) is 5.43. The molecule has 0 bridgehead atoms. The molecule has 0 spiro atoms. The van der Waals surface area contributed by atoms with Crippen LogP contribution in [0.1, 0.15) is 27.7 Å². The van der Waals surface area contributed by atoms with Crippen LogP contribution in [0.25, 0.3) is 10.9 Å². The second-order valence-corrected chi connectivity index (χ2v) is 6.55. The van der Waals surface area contributed by atoms with Gasteiger partial charge in [-0.15, -0.1) is 0 Å². The second-order valence-electron chi connectivity index (χ2n) is 6.55. The summed E-state index contributed by atoms with van der Waals surface area (Å²) in [4.78, 5) is 0. The van der Waals surface area contributed by atoms with E-state index in [1.54, 1.807) is 11.8 Å². The van der Waals surface area contributed by atoms with Crippen LogP contribution in [-0.2, 0) is 16.4 Å². The van der Waals surface area contributed by atoms with Crippen molar-refractivity contribution in [3.05, 3.63) is 18.3 Å². The molecule has 2 heterocycles. The molecule has 1 aromatic carbocycles. The third kappa shape index (κ3) is 2.22. The van der Waals surface area contributed by atoms with Gasteiger partial charge in [0, 0.05) is 18.6 Å². The molecule has 1 aromatic heterocycles. The van der Waals surface area contributed by atoms with Crippen molar-refractivity contribution in [3.8, 4) is 5.75 Å². The normalized spacial score (nSPS) is 20.2. The van der Waals surface area contributed by atoms with Crippen molar-refractivity contribution in [2.75, 3.05) is 7.11 Å². The first-order chi connectivity index (χ1) is 9.73. The van der Waals surface area contributed by atoms with Crippen LogP contribution in [-0.4, -0.2) is 35.2 Å². The van der Waals surface area contributed by atoms with E-state index in [4.69, 9.17) is 14.0 Å². The van der Waals surface area contributed by atoms with E-state index < -0.39 is 7.12 Å². The highest BCUT2D eigenvalue weighted by atomic mass is 16.7. The molecule has 5 nitrogen and oxygen atoms in total. The Morgan fingerprint density at radius 3 is 2.33 bits per heavy atom. The molecular weight excluding hydrogens is 267 g/mol. The van der Waals surface area contributed by atoms with E-state index in [1.165, 1.54) is 0 Å². The summed E-state index contributed by atoms with van der Waals surface area (Å²) in [6.07, 6.45) is 1.96. The summed E-state index contributed by atoms with van der Waals surface area (Å²) in [7, 11) is 3.15. The van der Waals surface area contributed by atoms with E-state index in [9.17, 15) is 0 Å². The van der Waals surface area contributed by atoms with Gasteiger partial charge < -0.3 is 14.0 Å². The van der Waals surface area contributed by atoms with Gasteiger partial charge in [-0.05, 0) is 39.2 Å². The summed E-state index contributed by atoms with van der Waals surface area (Å²) >= 11 is 0. The highest BCUT2D eigenvalue weighted by molar-refractivity contribution is 6.62. The number of aromatic nitrogens is 2. The smallest absolute Gasteiger partial charge is 0.494 e. The van der Waals surface area contributed by atoms with E-state index in [-0.39, 0.29) is 11.2 Å². The standard InChI is InChI=1S/C15H21BN2O3/c1-14(2)15(3,4)21-16(20-14)11-7-10-9-18(5)17-13(10)12(8-11)19-6/h7-9H,1-6H3. The van der Waals surface area contributed by atoms with Gasteiger partial charge >= 0.3 is 7.12 Å². The molecule has 0 radical (unpaired) electrons. The number of hydrogen-bond acceptors (Lipinski definition) is 4. The number of nitrogens with zero attached hydrogens (tertiary/aromatic N) is 2. The highest BCUT2D eigenvalue weighted by Gasteiger charge is 2.51. The number of ether oxygens (including phenoxy) is 1. The summed E-state index contributed by atoms with van der Waals surface area (Å²) in [6, 6.07) is 3.99. The number of benzene rings is 1. The van der Waals surface area contributed by atoms with Gasteiger partial charge in [0.05, 0.1) is 18.3 Å². The van der Waals surface area contributed by atoms with Gasteiger partial charge in [0.15, 0.2) is 0 Å². The molecule has 2 aromatic rings. The topological polar surface area (TPSA) is 45.5 Å². The zero-order valence-electron chi connectivity index (χ0n) is 13.4. The van der Waals surface area contributed by atoms with Gasteiger partial charge in [0.1, 0.15) is 11.3 Å². The predicted molar refractivity (Wildman–Crippen MR) is 83.0 cm³/mol. The van der Waals surface area contributed by atoms with Crippen LogP contribution in [0.3, 0.4) is 0 Å². The first-order valence-corrected chi connectivity index (χ1v) is 7.10. The molecule has 0 saturated carbocycles. The number of hydrogen-bond donors (Lipinski definition) is 0. The van der Waals surface area contributed by atoms with Gasteiger partial charge in [-0.1, -0.05) is 6.07 Å². The molecule has 1 fully saturated rings. The highest BCUT2D eigenvalue weighted by Crippen LogP contribution is 2.37. The minimum atomic E-state index is -0.395. The quantitative estimate of drug-likeness (QED) is 0.792. The first-order valence-electron chi connectivity index (χ1n) is 7.10. The van der Waals surface area contributed by atoms with Crippen molar-refractivity contribution in [1.82, 2.24) is 9.78 Å². The monoisotopic (exact) mass is 288 g/mol. The van der Waals surface area contributed by atoms with Crippen molar-refractivity contribution in [2.45, 2.75) is 38.9 Å². The van der Waals surface area contributed by atoms with Crippen molar-refractivity contribution in [3.63, 3.8) is 0 Å². The van der Waals surface area contributed by atoms with E-state index >= 15 is 0 Å². The summed E-state index contributed by atoms with van der Waals surface area (Å²) in [5.41, 5.74) is 1.09. The average Bonchev–Trinajstić information content (AvgIpc) is 2.85. The Hall–Kier alpha value is -1.53. The fraction of sp³-hybridized carbons (Fsp3) is 0.533. The largest absolute Gasteiger partial charge is 0.494 e. The van der Waals surface area contributed by atoms with E-state index in [2.05, 4.69) is 5.10 Å². The molecule has 0 unspecified atom stereocenters. The summed E-state index contributed by atoms with van der Waals surface area (Å²) in [5.74, 6) is 0.734. The lowest BCUT2D eigenvalue weighted by Crippen LogP contribution is -2.41. The molecule has 0 N–H and O–H groups in total. The van der Waals surface area contributed by atoms with Gasteiger partial charge in [-0.25, -0.2) is 0 Å². The summed E-state index contributed by atoms with van der Waals surface area (Å²) < 4.78 is 19.4. The maximum Gasteiger partial charge on any atom is 0.494 e. The zero-order chi connectivity index (χ0) is 15.4. The van der Waals surface area contributed by atoms with Gasteiger partial charge in [0.25, 0.3) is 0 Å². The van der Waals surface area contributed by atoms with Crippen molar-refractivity contribution in [2.24, 2.45) is 7.05 Å². The van der Waals surface area contributed by atoms with Crippen LogP contribution >= 0.6 is 0 Å². The molecule has 1 saturated heterocycles. The third-order valence-electron chi connectivity index (χ3n) is 4.46. The number of aryl methyl sites for hydroxylation is 1. The molecule has 6 heteroatoms. The fourth-order valence-electron chi connectivity index (χ4n) is 2.52. The van der Waals surface area contributed by atoms with Crippen LogP contribution in [0, 0.1) is 0 Å². The van der Waals surface area contributed by atoms with Crippen LogP contribution in [0.5, 0.6) is 5.75 Å². The maximum atomic E-state index is 6.10. The van der Waals surface area contributed by atoms with Gasteiger partial charge in [0.2, 0.25) is 0 Å². The van der Waals surface area contributed by atoms with Gasteiger partial charge in [-0.2, -0.15) is 5.10 Å². The van der Waals surface area contributed by atoms with Crippen molar-refractivity contribution in [1.29, 1.82) is 0 Å². The molecule has 0 atom stereocenters. The summed E-state index contributed by atoms with van der Waals surface area (Å²) in [6.45, 7) is 8.19. The van der Waals surface area contributed by atoms with Crippen LogP contribution in [0.4, 0.5) is 0 Å². The van der Waals surface area contributed by atoms with E-state index in [0.29, 0.717) is 0 Å². The Kier molecular flexibility index (Phi) is 3.08. The number of methoxy groups -OCH3 is 1. The SMILES string of the molecule is COc1cc(B2OC(C)(C)C(C)(C)O2)cc2cn(C)nc12. The number of rotatable bonds is 2. The molecule has 1 aliphatic rings. The Bertz CT molecular complexity index is 678. The van der Waals surface area contributed by atoms with E-state index in [0.717, 1.165) is 22.1 Å². The Morgan fingerprint density at radius 2 is 1.76 bits per heavy atom. The number of fused-ring (bicyclic) bond motifs is 1. The predicted octanol–water partition coefficient (Wildman–Crippen LogP) is 1.88. The zero-order valence-corrected chi connectivity index (χ0v) is 13.4. The minimum Gasteiger partial charge on any atom is -0.494 e. The Morgan fingerprint density at radius 1 is 1.14 bits per heavy atom. The maximum absolute atomic E-state index is 6.10. The lowest BCUT2D eigenvalue weighted by Gasteiger charge is -2.32. The van der Waals surface area contributed by atoms with Crippen LogP contribution < -0.4 is 10.2 Å². The van der Waals surface area contributed by atoms with Gasteiger partial charge in [-0.3, -0.25) is 4.68 Å². The van der Waals surface area contributed by atoms with E-state index in [1.807, 2.05) is 53.1 Å². The van der Waals surface area contributed by atoms with Crippen LogP contribution in [0.15, 0.2) is 18.3 Å².